The quantitative estimate of drug-likeness (QED) is 0.435. The fourth-order valence-corrected chi connectivity index (χ4v) is 3.49. The predicted molar refractivity (Wildman–Crippen MR) is 108 cm³/mol. The summed E-state index contributed by atoms with van der Waals surface area (Å²) in [5.74, 6) is 0.393. The first kappa shape index (κ1) is 23.3. The van der Waals surface area contributed by atoms with Gasteiger partial charge in [0.15, 0.2) is 5.78 Å². The lowest BCUT2D eigenvalue weighted by Gasteiger charge is -2.15. The number of sulfonamides is 1. The number of amides is 1. The summed E-state index contributed by atoms with van der Waals surface area (Å²) in [7, 11) is -1.65. The van der Waals surface area contributed by atoms with Crippen molar-refractivity contribution in [2.45, 2.75) is 46.5 Å². The first-order chi connectivity index (χ1) is 12.7. The lowest BCUT2D eigenvalue weighted by atomic mass is 9.99. The number of nitrogens with zero attached hydrogens (tertiary/aromatic N) is 1. The number of nitrogens with one attached hydrogen (secondary N) is 1. The Morgan fingerprint density at radius 2 is 1.74 bits per heavy atom. The molecule has 1 aromatic rings. The number of benzene rings is 1. The highest BCUT2D eigenvalue weighted by Crippen LogP contribution is 2.12. The molecule has 7 heteroatoms. The Morgan fingerprint density at radius 1 is 1.11 bits per heavy atom. The van der Waals surface area contributed by atoms with Crippen molar-refractivity contribution in [3.63, 3.8) is 0 Å². The van der Waals surface area contributed by atoms with Crippen LogP contribution in [0.2, 0.25) is 0 Å². The molecule has 0 heterocycles. The van der Waals surface area contributed by atoms with Gasteiger partial charge in [-0.05, 0) is 31.2 Å². The summed E-state index contributed by atoms with van der Waals surface area (Å²) < 4.78 is 24.5. The van der Waals surface area contributed by atoms with Crippen LogP contribution in [0.3, 0.4) is 0 Å². The topological polar surface area (TPSA) is 83.6 Å². The van der Waals surface area contributed by atoms with Crippen molar-refractivity contribution < 1.29 is 18.0 Å². The minimum absolute atomic E-state index is 0.0463. The molecule has 0 bridgehead atoms. The molecule has 0 aromatic heterocycles. The zero-order chi connectivity index (χ0) is 20.4. The lowest BCUT2D eigenvalue weighted by molar-refractivity contribution is -0.121. The van der Waals surface area contributed by atoms with Crippen LogP contribution in [0.4, 0.5) is 0 Å². The van der Waals surface area contributed by atoms with Crippen LogP contribution in [0.25, 0.3) is 0 Å². The number of carbonyl (C=O) groups excluding carboxylic acids is 2. The van der Waals surface area contributed by atoms with E-state index in [0.29, 0.717) is 31.0 Å². The summed E-state index contributed by atoms with van der Waals surface area (Å²) in [6.45, 7) is 6.65. The molecule has 0 aliphatic rings. The number of ketones is 1. The van der Waals surface area contributed by atoms with Crippen molar-refractivity contribution in [2.24, 2.45) is 5.92 Å². The van der Waals surface area contributed by atoms with E-state index in [0.717, 1.165) is 6.42 Å². The number of Topliss-reactive ketones (excluding diaryl/α,β-unsaturated/α-hetero) is 1. The predicted octanol–water partition coefficient (Wildman–Crippen LogP) is 2.64. The van der Waals surface area contributed by atoms with Gasteiger partial charge in [0.25, 0.3) is 0 Å². The van der Waals surface area contributed by atoms with Crippen LogP contribution in [-0.2, 0) is 21.2 Å². The fourth-order valence-electron chi connectivity index (χ4n) is 2.65. The van der Waals surface area contributed by atoms with Crippen LogP contribution in [0.15, 0.2) is 24.3 Å². The van der Waals surface area contributed by atoms with E-state index in [1.165, 1.54) is 16.9 Å². The molecule has 152 valence electrons. The third-order valence-electron chi connectivity index (χ3n) is 4.31. The second-order valence-electron chi connectivity index (χ2n) is 7.14. The van der Waals surface area contributed by atoms with Crippen LogP contribution in [0.1, 0.15) is 56.0 Å². The summed E-state index contributed by atoms with van der Waals surface area (Å²) in [6, 6.07) is 7.58. The second kappa shape index (κ2) is 11.2. The zero-order valence-corrected chi connectivity index (χ0v) is 17.6. The largest absolute Gasteiger partial charge is 0.356 e. The Morgan fingerprint density at radius 3 is 2.30 bits per heavy atom. The smallest absolute Gasteiger partial charge is 0.220 e. The van der Waals surface area contributed by atoms with Crippen LogP contribution in [-0.4, -0.2) is 50.3 Å². The highest BCUT2D eigenvalue weighted by Gasteiger charge is 2.14. The number of carbonyl (C=O) groups is 2. The molecule has 0 aliphatic heterocycles. The van der Waals surface area contributed by atoms with Crippen molar-refractivity contribution in [3.05, 3.63) is 35.4 Å². The molecule has 1 rings (SSSR count). The van der Waals surface area contributed by atoms with Gasteiger partial charge in [-0.2, -0.15) is 0 Å². The first-order valence-corrected chi connectivity index (χ1v) is 11.1. The van der Waals surface area contributed by atoms with E-state index in [1.54, 1.807) is 6.92 Å². The second-order valence-corrected chi connectivity index (χ2v) is 9.51. The third-order valence-corrected chi connectivity index (χ3v) is 6.17. The molecule has 6 nitrogen and oxygen atoms in total. The van der Waals surface area contributed by atoms with Gasteiger partial charge in [-0.25, -0.2) is 12.7 Å². The molecule has 0 saturated heterocycles. The minimum atomic E-state index is -3.19. The van der Waals surface area contributed by atoms with E-state index in [2.05, 4.69) is 19.2 Å². The number of hydrogen-bond donors (Lipinski definition) is 1. The Hall–Kier alpha value is -1.73. The van der Waals surface area contributed by atoms with Gasteiger partial charge in [0.1, 0.15) is 0 Å². The maximum atomic E-state index is 12.2. The number of hydrogen-bond acceptors (Lipinski definition) is 4. The monoisotopic (exact) mass is 396 g/mol. The Balaban J connectivity index is 2.30. The lowest BCUT2D eigenvalue weighted by Crippen LogP contribution is -2.32. The summed E-state index contributed by atoms with van der Waals surface area (Å²) in [4.78, 5) is 24.0. The molecule has 27 heavy (non-hydrogen) atoms. The minimum Gasteiger partial charge on any atom is -0.356 e. The molecular weight excluding hydrogens is 364 g/mol. The number of rotatable bonds is 12. The molecule has 0 radical (unpaired) electrons. The normalized spacial score (nSPS) is 11.8. The van der Waals surface area contributed by atoms with E-state index in [-0.39, 0.29) is 30.3 Å². The average Bonchev–Trinajstić information content (AvgIpc) is 2.63. The van der Waals surface area contributed by atoms with E-state index in [4.69, 9.17) is 0 Å². The molecule has 0 atom stereocenters. The average molecular weight is 397 g/mol. The molecular formula is C20H32N2O4S. The molecule has 1 amide bonds. The highest BCUT2D eigenvalue weighted by molar-refractivity contribution is 7.89. The molecule has 0 spiro atoms. The van der Waals surface area contributed by atoms with Gasteiger partial charge in [-0.15, -0.1) is 0 Å². The van der Waals surface area contributed by atoms with Crippen molar-refractivity contribution >= 4 is 21.7 Å². The van der Waals surface area contributed by atoms with Gasteiger partial charge in [-0.1, -0.05) is 38.1 Å². The summed E-state index contributed by atoms with van der Waals surface area (Å²) >= 11 is 0. The van der Waals surface area contributed by atoms with Gasteiger partial charge in [0.2, 0.25) is 15.9 Å². The zero-order valence-electron chi connectivity index (χ0n) is 16.8. The van der Waals surface area contributed by atoms with Crippen molar-refractivity contribution in [1.82, 2.24) is 9.62 Å². The van der Waals surface area contributed by atoms with E-state index in [9.17, 15) is 18.0 Å². The molecule has 1 N–H and O–H groups in total. The van der Waals surface area contributed by atoms with Crippen LogP contribution in [0, 0.1) is 5.92 Å². The summed E-state index contributed by atoms with van der Waals surface area (Å²) in [5, 5.41) is 2.73. The van der Waals surface area contributed by atoms with E-state index in [1.807, 2.05) is 24.3 Å². The molecule has 0 unspecified atom stereocenters. The third kappa shape index (κ3) is 8.67. The van der Waals surface area contributed by atoms with E-state index >= 15 is 0 Å². The molecule has 0 aliphatic carbocycles. The standard InChI is InChI=1S/C20H32N2O4S/c1-5-27(25,26)22(4)14-6-13-21-20(24)12-11-19(23)18-9-7-17(8-10-18)15-16(2)3/h7-10,16H,5-6,11-15H2,1-4H3,(H,21,24). The van der Waals surface area contributed by atoms with E-state index < -0.39 is 10.0 Å². The molecule has 1 aromatic carbocycles. The maximum Gasteiger partial charge on any atom is 0.220 e. The van der Waals surface area contributed by atoms with Crippen LogP contribution >= 0.6 is 0 Å². The van der Waals surface area contributed by atoms with Crippen molar-refractivity contribution in [1.29, 1.82) is 0 Å². The van der Waals surface area contributed by atoms with Crippen LogP contribution < -0.4 is 5.32 Å². The van der Waals surface area contributed by atoms with Gasteiger partial charge in [-0.3, -0.25) is 9.59 Å². The maximum absolute atomic E-state index is 12.2. The van der Waals surface area contributed by atoms with Gasteiger partial charge in [0, 0.05) is 38.5 Å². The van der Waals surface area contributed by atoms with Crippen LogP contribution in [0.5, 0.6) is 0 Å². The summed E-state index contributed by atoms with van der Waals surface area (Å²) in [5.41, 5.74) is 1.83. The molecule has 0 saturated carbocycles. The molecule has 0 fully saturated rings. The highest BCUT2D eigenvalue weighted by atomic mass is 32.2. The van der Waals surface area contributed by atoms with Crippen molar-refractivity contribution in [2.75, 3.05) is 25.9 Å². The Labute approximate surface area is 163 Å². The summed E-state index contributed by atoms with van der Waals surface area (Å²) in [6.07, 6.45) is 1.81. The SMILES string of the molecule is CCS(=O)(=O)N(C)CCCNC(=O)CCC(=O)c1ccc(CC(C)C)cc1. The Kier molecular flexibility index (Phi) is 9.66. The van der Waals surface area contributed by atoms with Gasteiger partial charge < -0.3 is 5.32 Å². The van der Waals surface area contributed by atoms with Gasteiger partial charge >= 0.3 is 0 Å². The van der Waals surface area contributed by atoms with Crippen molar-refractivity contribution in [3.8, 4) is 0 Å². The fraction of sp³-hybridized carbons (Fsp3) is 0.600. The first-order valence-electron chi connectivity index (χ1n) is 9.48. The van der Waals surface area contributed by atoms with Gasteiger partial charge in [0.05, 0.1) is 5.75 Å². The Bertz CT molecular complexity index is 712.